The highest BCUT2D eigenvalue weighted by molar-refractivity contribution is 6.32. The van der Waals surface area contributed by atoms with E-state index in [0.29, 0.717) is 22.2 Å². The molecule has 0 bridgehead atoms. The Morgan fingerprint density at radius 2 is 1.93 bits per heavy atom. The second-order valence-corrected chi connectivity index (χ2v) is 6.38. The first-order valence-electron chi connectivity index (χ1n) is 8.45. The molecule has 0 saturated carbocycles. The molecule has 0 fully saturated rings. The summed E-state index contributed by atoms with van der Waals surface area (Å²) in [7, 11) is 3.32. The van der Waals surface area contributed by atoms with E-state index in [9.17, 15) is 4.79 Å². The van der Waals surface area contributed by atoms with Crippen molar-refractivity contribution in [1.82, 2.24) is 4.98 Å². The van der Waals surface area contributed by atoms with Gasteiger partial charge in [0, 0.05) is 30.1 Å². The van der Waals surface area contributed by atoms with Crippen LogP contribution in [0.1, 0.15) is 10.4 Å². The van der Waals surface area contributed by atoms with Crippen molar-refractivity contribution in [1.29, 1.82) is 0 Å². The molecule has 6 nitrogen and oxygen atoms in total. The Kier molecular flexibility index (Phi) is 5.91. The minimum atomic E-state index is 0.274. The molecule has 0 aliphatic rings. The number of halogens is 1. The third-order valence-electron chi connectivity index (χ3n) is 4.21. The second kappa shape index (κ2) is 8.54. The summed E-state index contributed by atoms with van der Waals surface area (Å²) < 4.78 is 5.07. The molecule has 0 aliphatic heterocycles. The van der Waals surface area contributed by atoms with Crippen LogP contribution in [0, 0.1) is 0 Å². The van der Waals surface area contributed by atoms with Crippen molar-refractivity contribution < 1.29 is 9.53 Å². The van der Waals surface area contributed by atoms with Crippen LogP contribution in [0.2, 0.25) is 5.02 Å². The fourth-order valence-electron chi connectivity index (χ4n) is 2.65. The first kappa shape index (κ1) is 19.4. The van der Waals surface area contributed by atoms with Gasteiger partial charge in [-0.1, -0.05) is 35.9 Å². The van der Waals surface area contributed by atoms with Gasteiger partial charge in [0.25, 0.3) is 0 Å². The number of para-hydroxylation sites is 1. The van der Waals surface area contributed by atoms with Gasteiger partial charge in [-0.3, -0.25) is 4.79 Å². The zero-order chi connectivity index (χ0) is 20.1. The van der Waals surface area contributed by atoms with Crippen LogP contribution >= 0.6 is 11.6 Å². The van der Waals surface area contributed by atoms with Crippen LogP contribution in [0.5, 0.6) is 5.88 Å². The van der Waals surface area contributed by atoms with Gasteiger partial charge in [-0.05, 0) is 35.9 Å². The van der Waals surface area contributed by atoms with Gasteiger partial charge in [0.05, 0.1) is 12.8 Å². The SMILES string of the molecule is COc1ncc(-c2ccc(N=C(N)N(C)c3ccccc3)c(C=O)c2)cc1Cl. The highest BCUT2D eigenvalue weighted by Gasteiger charge is 2.10. The van der Waals surface area contributed by atoms with Crippen molar-refractivity contribution in [3.63, 3.8) is 0 Å². The van der Waals surface area contributed by atoms with E-state index in [2.05, 4.69) is 9.98 Å². The molecular weight excluding hydrogens is 376 g/mol. The van der Waals surface area contributed by atoms with Crippen LogP contribution in [0.4, 0.5) is 11.4 Å². The van der Waals surface area contributed by atoms with Gasteiger partial charge < -0.3 is 15.4 Å². The highest BCUT2D eigenvalue weighted by Crippen LogP contribution is 2.30. The van der Waals surface area contributed by atoms with Crippen LogP contribution in [-0.2, 0) is 0 Å². The molecule has 1 heterocycles. The number of carbonyl (C=O) groups excluding carboxylic acids is 1. The van der Waals surface area contributed by atoms with Gasteiger partial charge in [-0.2, -0.15) is 0 Å². The average molecular weight is 395 g/mol. The van der Waals surface area contributed by atoms with Crippen LogP contribution in [-0.4, -0.2) is 31.4 Å². The molecule has 28 heavy (non-hydrogen) atoms. The number of guanidine groups is 1. The summed E-state index contributed by atoms with van der Waals surface area (Å²) in [6.45, 7) is 0. The maximum Gasteiger partial charge on any atom is 0.232 e. The standard InChI is InChI=1S/C21H19ClN4O2/c1-26(17-6-4-3-5-7-17)21(23)25-19-9-8-14(10-16(19)13-27)15-11-18(22)20(28-2)24-12-15/h3-13H,1-2H3,(H2,23,25). The van der Waals surface area contributed by atoms with Gasteiger partial charge in [0.1, 0.15) is 5.02 Å². The number of nitrogens with zero attached hydrogens (tertiary/aromatic N) is 3. The minimum absolute atomic E-state index is 0.274. The van der Waals surface area contributed by atoms with E-state index in [-0.39, 0.29) is 5.96 Å². The monoisotopic (exact) mass is 394 g/mol. The van der Waals surface area contributed by atoms with Gasteiger partial charge in [0.15, 0.2) is 6.29 Å². The Balaban J connectivity index is 1.93. The molecule has 0 radical (unpaired) electrons. The van der Waals surface area contributed by atoms with E-state index < -0.39 is 0 Å². The van der Waals surface area contributed by atoms with E-state index in [1.165, 1.54) is 7.11 Å². The van der Waals surface area contributed by atoms with Crippen molar-refractivity contribution in [3.05, 3.63) is 71.4 Å². The van der Waals surface area contributed by atoms with Crippen molar-refractivity contribution in [2.45, 2.75) is 0 Å². The normalized spacial score (nSPS) is 11.2. The molecule has 0 unspecified atom stereocenters. The molecule has 0 amide bonds. The predicted molar refractivity (Wildman–Crippen MR) is 113 cm³/mol. The zero-order valence-electron chi connectivity index (χ0n) is 15.5. The number of hydrogen-bond donors (Lipinski definition) is 1. The number of pyridine rings is 1. The molecule has 1 aromatic heterocycles. The number of aliphatic imine (C=N–C) groups is 1. The Morgan fingerprint density at radius 1 is 1.18 bits per heavy atom. The lowest BCUT2D eigenvalue weighted by atomic mass is 10.0. The molecular formula is C21H19ClN4O2. The maximum atomic E-state index is 11.6. The number of hydrogen-bond acceptors (Lipinski definition) is 4. The number of benzene rings is 2. The maximum absolute atomic E-state index is 11.6. The molecule has 0 aliphatic carbocycles. The van der Waals surface area contributed by atoms with E-state index in [0.717, 1.165) is 23.1 Å². The van der Waals surface area contributed by atoms with Crippen molar-refractivity contribution in [3.8, 4) is 17.0 Å². The van der Waals surface area contributed by atoms with Crippen LogP contribution in [0.3, 0.4) is 0 Å². The summed E-state index contributed by atoms with van der Waals surface area (Å²) in [4.78, 5) is 21.9. The third-order valence-corrected chi connectivity index (χ3v) is 4.48. The van der Waals surface area contributed by atoms with Gasteiger partial charge >= 0.3 is 0 Å². The van der Waals surface area contributed by atoms with Gasteiger partial charge in [-0.15, -0.1) is 0 Å². The highest BCUT2D eigenvalue weighted by atomic mass is 35.5. The topological polar surface area (TPSA) is 80.8 Å². The lowest BCUT2D eigenvalue weighted by Gasteiger charge is -2.18. The van der Waals surface area contributed by atoms with Crippen molar-refractivity contribution in [2.75, 3.05) is 19.1 Å². The lowest BCUT2D eigenvalue weighted by Crippen LogP contribution is -2.33. The van der Waals surface area contributed by atoms with Crippen LogP contribution in [0.15, 0.2) is 65.8 Å². The Bertz CT molecular complexity index is 1020. The number of aromatic nitrogens is 1. The summed E-state index contributed by atoms with van der Waals surface area (Å²) in [6.07, 6.45) is 2.38. The Labute approximate surface area is 168 Å². The van der Waals surface area contributed by atoms with E-state index in [1.54, 1.807) is 29.3 Å². The first-order valence-corrected chi connectivity index (χ1v) is 8.83. The molecule has 2 aromatic carbocycles. The summed E-state index contributed by atoms with van der Waals surface area (Å²) >= 11 is 6.15. The first-order chi connectivity index (χ1) is 13.5. The zero-order valence-corrected chi connectivity index (χ0v) is 16.2. The largest absolute Gasteiger partial charge is 0.480 e. The molecule has 3 aromatic rings. The summed E-state index contributed by atoms with van der Waals surface area (Å²) in [5.41, 5.74) is 9.46. The fourth-order valence-corrected chi connectivity index (χ4v) is 2.89. The van der Waals surface area contributed by atoms with Gasteiger partial charge in [0.2, 0.25) is 11.8 Å². The number of methoxy groups -OCH3 is 1. The number of ether oxygens (including phenoxy) is 1. The fraction of sp³-hybridized carbons (Fsp3) is 0.0952. The minimum Gasteiger partial charge on any atom is -0.480 e. The molecule has 0 spiro atoms. The quantitative estimate of drug-likeness (QED) is 0.396. The molecule has 0 atom stereocenters. The number of rotatable bonds is 5. The van der Waals surface area contributed by atoms with E-state index in [1.807, 2.05) is 43.4 Å². The number of aldehydes is 1. The smallest absolute Gasteiger partial charge is 0.232 e. The van der Waals surface area contributed by atoms with E-state index in [4.69, 9.17) is 22.1 Å². The number of carbonyl (C=O) groups is 1. The molecule has 7 heteroatoms. The van der Waals surface area contributed by atoms with Crippen LogP contribution in [0.25, 0.3) is 11.1 Å². The molecule has 142 valence electrons. The molecule has 3 rings (SSSR count). The molecule has 2 N–H and O–H groups in total. The Hall–Kier alpha value is -3.38. The predicted octanol–water partition coefficient (Wildman–Crippen LogP) is 4.31. The van der Waals surface area contributed by atoms with E-state index >= 15 is 0 Å². The summed E-state index contributed by atoms with van der Waals surface area (Å²) in [5.74, 6) is 0.621. The summed E-state index contributed by atoms with van der Waals surface area (Å²) in [6, 6.07) is 16.6. The van der Waals surface area contributed by atoms with Gasteiger partial charge in [-0.25, -0.2) is 9.98 Å². The average Bonchev–Trinajstić information content (AvgIpc) is 2.74. The number of anilines is 1. The Morgan fingerprint density at radius 3 is 2.57 bits per heavy atom. The van der Waals surface area contributed by atoms with Crippen molar-refractivity contribution in [2.24, 2.45) is 10.7 Å². The second-order valence-electron chi connectivity index (χ2n) is 5.97. The van der Waals surface area contributed by atoms with Crippen LogP contribution < -0.4 is 15.4 Å². The summed E-state index contributed by atoms with van der Waals surface area (Å²) in [5, 5.41) is 0.392. The number of nitrogens with two attached hydrogens (primary N) is 1. The lowest BCUT2D eigenvalue weighted by molar-refractivity contribution is 0.112. The van der Waals surface area contributed by atoms with Crippen molar-refractivity contribution >= 4 is 35.2 Å². The third kappa shape index (κ3) is 4.13. The molecule has 0 saturated heterocycles.